The lowest BCUT2D eigenvalue weighted by atomic mass is 10.2. The Balaban J connectivity index is 2.28. The number of amides is 1. The van der Waals surface area contributed by atoms with Gasteiger partial charge in [0.25, 0.3) is 0 Å². The van der Waals surface area contributed by atoms with Gasteiger partial charge >= 0.3 is 0 Å². The molecule has 2 rings (SSSR count). The summed E-state index contributed by atoms with van der Waals surface area (Å²) in [6.45, 7) is 0. The highest BCUT2D eigenvalue weighted by molar-refractivity contribution is 5.94. The van der Waals surface area contributed by atoms with Crippen LogP contribution in [0.2, 0.25) is 0 Å². The Bertz CT molecular complexity index is 554. The van der Waals surface area contributed by atoms with Gasteiger partial charge in [0.1, 0.15) is 0 Å². The van der Waals surface area contributed by atoms with Gasteiger partial charge in [-0.3, -0.25) is 9.78 Å². The number of anilines is 3. The van der Waals surface area contributed by atoms with Gasteiger partial charge in [0, 0.05) is 17.4 Å². The molecule has 86 valence electrons. The first-order valence-corrected chi connectivity index (χ1v) is 5.03. The topological polar surface area (TPSA) is 94.0 Å². The van der Waals surface area contributed by atoms with E-state index in [-0.39, 0.29) is 0 Å². The van der Waals surface area contributed by atoms with Gasteiger partial charge in [-0.25, -0.2) is 0 Å². The molecular formula is C12H12N4O. The number of rotatable bonds is 3. The summed E-state index contributed by atoms with van der Waals surface area (Å²) in [6, 6.07) is 8.66. The number of nitrogens with one attached hydrogen (secondary N) is 1. The first-order chi connectivity index (χ1) is 8.16. The maximum absolute atomic E-state index is 11.0. The predicted molar refractivity (Wildman–Crippen MR) is 66.9 cm³/mol. The maximum atomic E-state index is 11.0. The summed E-state index contributed by atoms with van der Waals surface area (Å²) < 4.78 is 0. The van der Waals surface area contributed by atoms with Crippen LogP contribution in [0.3, 0.4) is 0 Å². The Morgan fingerprint density at radius 2 is 2.12 bits per heavy atom. The summed E-state index contributed by atoms with van der Waals surface area (Å²) >= 11 is 0. The van der Waals surface area contributed by atoms with Crippen LogP contribution < -0.4 is 16.8 Å². The highest BCUT2D eigenvalue weighted by atomic mass is 16.1. The predicted octanol–water partition coefficient (Wildman–Crippen LogP) is 1.51. The van der Waals surface area contributed by atoms with Crippen LogP contribution in [0.25, 0.3) is 0 Å². The summed E-state index contributed by atoms with van der Waals surface area (Å²) in [5.74, 6) is -0.462. The number of pyridine rings is 1. The van der Waals surface area contributed by atoms with E-state index in [4.69, 9.17) is 11.5 Å². The van der Waals surface area contributed by atoms with Crippen molar-refractivity contribution in [2.24, 2.45) is 5.73 Å². The zero-order valence-electron chi connectivity index (χ0n) is 9.05. The highest BCUT2D eigenvalue weighted by Gasteiger charge is 2.03. The van der Waals surface area contributed by atoms with Gasteiger partial charge in [-0.05, 0) is 24.3 Å². The summed E-state index contributed by atoms with van der Waals surface area (Å²) in [4.78, 5) is 14.9. The number of aromatic nitrogens is 1. The second kappa shape index (κ2) is 4.52. The van der Waals surface area contributed by atoms with Crippen LogP contribution in [0.1, 0.15) is 10.4 Å². The van der Waals surface area contributed by atoms with E-state index in [1.807, 2.05) is 6.07 Å². The maximum Gasteiger partial charge on any atom is 0.248 e. The van der Waals surface area contributed by atoms with Gasteiger partial charge in [-0.1, -0.05) is 6.07 Å². The number of primary amides is 1. The van der Waals surface area contributed by atoms with Crippen LogP contribution in [0.5, 0.6) is 0 Å². The second-order valence-corrected chi connectivity index (χ2v) is 3.53. The largest absolute Gasteiger partial charge is 0.396 e. The van der Waals surface area contributed by atoms with E-state index in [1.165, 1.54) is 0 Å². The Labute approximate surface area is 98.5 Å². The van der Waals surface area contributed by atoms with E-state index in [1.54, 1.807) is 36.7 Å². The van der Waals surface area contributed by atoms with Crippen molar-refractivity contribution in [2.75, 3.05) is 11.1 Å². The quantitative estimate of drug-likeness (QED) is 0.742. The Hall–Kier alpha value is -2.56. The van der Waals surface area contributed by atoms with Crippen molar-refractivity contribution in [3.63, 3.8) is 0 Å². The normalized spacial score (nSPS) is 9.88. The molecule has 17 heavy (non-hydrogen) atoms. The van der Waals surface area contributed by atoms with Gasteiger partial charge in [-0.2, -0.15) is 0 Å². The Kier molecular flexibility index (Phi) is 2.91. The van der Waals surface area contributed by atoms with Crippen molar-refractivity contribution in [3.05, 3.63) is 48.3 Å². The summed E-state index contributed by atoms with van der Waals surface area (Å²) in [7, 11) is 0. The van der Waals surface area contributed by atoms with Crippen molar-refractivity contribution < 1.29 is 4.79 Å². The molecule has 0 radical (unpaired) electrons. The van der Waals surface area contributed by atoms with Gasteiger partial charge in [0.2, 0.25) is 5.91 Å². The molecule has 0 saturated heterocycles. The molecule has 0 unspecified atom stereocenters. The lowest BCUT2D eigenvalue weighted by Gasteiger charge is -2.09. The fourth-order valence-electron chi connectivity index (χ4n) is 1.43. The minimum absolute atomic E-state index is 0.447. The van der Waals surface area contributed by atoms with E-state index in [9.17, 15) is 4.79 Å². The third-order valence-corrected chi connectivity index (χ3v) is 2.28. The van der Waals surface area contributed by atoms with Crippen molar-refractivity contribution in [1.29, 1.82) is 0 Å². The lowest BCUT2D eigenvalue weighted by Crippen LogP contribution is -2.10. The molecule has 1 heterocycles. The molecule has 0 spiro atoms. The van der Waals surface area contributed by atoms with Crippen molar-refractivity contribution in [3.8, 4) is 0 Å². The minimum Gasteiger partial charge on any atom is -0.396 e. The SMILES string of the molecule is NC(=O)c1cccc(Nc2ccncc2N)c1. The molecule has 1 amide bonds. The average molecular weight is 228 g/mol. The number of carbonyl (C=O) groups excluding carboxylic acids is 1. The second-order valence-electron chi connectivity index (χ2n) is 3.53. The number of nitrogen functional groups attached to an aromatic ring is 1. The van der Waals surface area contributed by atoms with E-state index in [0.29, 0.717) is 11.3 Å². The molecule has 0 aliphatic heterocycles. The fourth-order valence-corrected chi connectivity index (χ4v) is 1.43. The van der Waals surface area contributed by atoms with Crippen LogP contribution in [0.4, 0.5) is 17.1 Å². The van der Waals surface area contributed by atoms with Crippen LogP contribution in [-0.2, 0) is 0 Å². The zero-order chi connectivity index (χ0) is 12.3. The number of nitrogens with two attached hydrogens (primary N) is 2. The average Bonchev–Trinajstić information content (AvgIpc) is 2.32. The smallest absolute Gasteiger partial charge is 0.248 e. The third kappa shape index (κ3) is 2.52. The molecule has 0 fully saturated rings. The van der Waals surface area contributed by atoms with Gasteiger partial charge in [-0.15, -0.1) is 0 Å². The lowest BCUT2D eigenvalue weighted by molar-refractivity contribution is 0.100. The van der Waals surface area contributed by atoms with Crippen molar-refractivity contribution in [2.45, 2.75) is 0 Å². The first-order valence-electron chi connectivity index (χ1n) is 5.03. The summed E-state index contributed by atoms with van der Waals surface area (Å²) in [5.41, 5.74) is 13.4. The van der Waals surface area contributed by atoms with Crippen LogP contribution in [-0.4, -0.2) is 10.9 Å². The van der Waals surface area contributed by atoms with E-state index >= 15 is 0 Å². The molecule has 5 N–H and O–H groups in total. The minimum atomic E-state index is -0.462. The number of hydrogen-bond donors (Lipinski definition) is 3. The number of benzene rings is 1. The molecule has 5 heteroatoms. The zero-order valence-corrected chi connectivity index (χ0v) is 9.05. The first kappa shape index (κ1) is 10.9. The summed E-state index contributed by atoms with van der Waals surface area (Å²) in [5, 5.41) is 3.09. The van der Waals surface area contributed by atoms with Crippen LogP contribution >= 0.6 is 0 Å². The van der Waals surface area contributed by atoms with Gasteiger partial charge in [0.15, 0.2) is 0 Å². The molecule has 0 saturated carbocycles. The van der Waals surface area contributed by atoms with E-state index in [0.717, 1.165) is 11.4 Å². The number of nitrogens with zero attached hydrogens (tertiary/aromatic N) is 1. The Morgan fingerprint density at radius 1 is 1.29 bits per heavy atom. The molecule has 5 nitrogen and oxygen atoms in total. The molecule has 0 bridgehead atoms. The standard InChI is InChI=1S/C12H12N4O/c13-10-7-15-5-4-11(10)16-9-3-1-2-8(6-9)12(14)17/h1-7H,13H2,(H2,14,17)(H,15,16). The van der Waals surface area contributed by atoms with Crippen LogP contribution in [0.15, 0.2) is 42.7 Å². The van der Waals surface area contributed by atoms with Gasteiger partial charge < -0.3 is 16.8 Å². The third-order valence-electron chi connectivity index (χ3n) is 2.28. The summed E-state index contributed by atoms with van der Waals surface area (Å²) in [6.07, 6.45) is 3.19. The number of hydrogen-bond acceptors (Lipinski definition) is 4. The molecule has 1 aromatic heterocycles. The molecule has 2 aromatic rings. The van der Waals surface area contributed by atoms with Gasteiger partial charge in [0.05, 0.1) is 17.6 Å². The highest BCUT2D eigenvalue weighted by Crippen LogP contribution is 2.21. The van der Waals surface area contributed by atoms with Crippen molar-refractivity contribution in [1.82, 2.24) is 4.98 Å². The van der Waals surface area contributed by atoms with Crippen molar-refractivity contribution >= 4 is 23.0 Å². The van der Waals surface area contributed by atoms with Crippen LogP contribution in [0, 0.1) is 0 Å². The van der Waals surface area contributed by atoms with E-state index < -0.39 is 5.91 Å². The molecular weight excluding hydrogens is 216 g/mol. The molecule has 1 aromatic carbocycles. The number of carbonyl (C=O) groups is 1. The monoisotopic (exact) mass is 228 g/mol. The molecule has 0 aliphatic carbocycles. The Morgan fingerprint density at radius 3 is 2.82 bits per heavy atom. The van der Waals surface area contributed by atoms with E-state index in [2.05, 4.69) is 10.3 Å². The molecule has 0 atom stereocenters. The fraction of sp³-hybridized carbons (Fsp3) is 0. The molecule has 0 aliphatic rings.